The molecule has 7 aromatic carbocycles. The summed E-state index contributed by atoms with van der Waals surface area (Å²) in [6, 6.07) is 56.2. The summed E-state index contributed by atoms with van der Waals surface area (Å²) in [5.41, 5.74) is 8.98. The molecule has 0 saturated carbocycles. The van der Waals surface area contributed by atoms with Crippen molar-refractivity contribution in [2.45, 2.75) is 0 Å². The largest absolute Gasteiger partial charge is 0.456 e. The van der Waals surface area contributed by atoms with Crippen molar-refractivity contribution >= 4 is 32.7 Å². The van der Waals surface area contributed by atoms with Crippen molar-refractivity contribution in [3.05, 3.63) is 164 Å². The van der Waals surface area contributed by atoms with Crippen LogP contribution in [0.2, 0.25) is 0 Å². The summed E-state index contributed by atoms with van der Waals surface area (Å²) in [7, 11) is 0. The van der Waals surface area contributed by atoms with Crippen LogP contribution in [0.5, 0.6) is 0 Å². The van der Waals surface area contributed by atoms with E-state index in [9.17, 15) is 0 Å². The number of hydrogen-bond donors (Lipinski definition) is 0. The van der Waals surface area contributed by atoms with E-state index in [4.69, 9.17) is 19.4 Å². The van der Waals surface area contributed by atoms with Gasteiger partial charge in [-0.3, -0.25) is 0 Å². The molecule has 0 bridgehead atoms. The predicted molar refractivity (Wildman–Crippen MR) is 192 cm³/mol. The Bertz CT molecular complexity index is 2540. The minimum absolute atomic E-state index is 0.609. The lowest BCUT2D eigenvalue weighted by Crippen LogP contribution is -2.01. The van der Waals surface area contributed by atoms with Gasteiger partial charge >= 0.3 is 0 Å². The SMILES string of the molecule is c1ccc(-c2ccc(-c3nc(-c4ccccc4)nc(-c4c5ccccc5cc5oc6cc(-c7ccccc7)ccc6c45)n3)cc2)cc1. The fourth-order valence-electron chi connectivity index (χ4n) is 6.42. The third kappa shape index (κ3) is 4.84. The van der Waals surface area contributed by atoms with Crippen molar-refractivity contribution in [3.63, 3.8) is 0 Å². The van der Waals surface area contributed by atoms with Gasteiger partial charge in [0, 0.05) is 27.5 Å². The summed E-state index contributed by atoms with van der Waals surface area (Å²) in [6.07, 6.45) is 0. The molecule has 2 heterocycles. The van der Waals surface area contributed by atoms with Crippen LogP contribution in [-0.2, 0) is 0 Å². The van der Waals surface area contributed by atoms with E-state index in [0.717, 1.165) is 66.1 Å². The summed E-state index contributed by atoms with van der Waals surface area (Å²) < 4.78 is 6.60. The molecule has 0 amide bonds. The fourth-order valence-corrected chi connectivity index (χ4v) is 6.42. The molecule has 9 aromatic rings. The average molecular weight is 602 g/mol. The van der Waals surface area contributed by atoms with Gasteiger partial charge in [-0.2, -0.15) is 0 Å². The van der Waals surface area contributed by atoms with Gasteiger partial charge in [0.1, 0.15) is 11.2 Å². The van der Waals surface area contributed by atoms with Gasteiger partial charge in [-0.05, 0) is 51.2 Å². The molecule has 0 atom stereocenters. The van der Waals surface area contributed by atoms with Crippen molar-refractivity contribution in [2.75, 3.05) is 0 Å². The molecule has 9 rings (SSSR count). The predicted octanol–water partition coefficient (Wildman–Crippen LogP) is 11.3. The Balaban J connectivity index is 1.29. The first-order chi connectivity index (χ1) is 23.3. The highest BCUT2D eigenvalue weighted by atomic mass is 16.3. The Morgan fingerprint density at radius 1 is 0.340 bits per heavy atom. The fraction of sp³-hybridized carbons (Fsp3) is 0. The molecule has 0 unspecified atom stereocenters. The van der Waals surface area contributed by atoms with Gasteiger partial charge in [0.05, 0.1) is 0 Å². The van der Waals surface area contributed by atoms with E-state index in [-0.39, 0.29) is 0 Å². The smallest absolute Gasteiger partial charge is 0.165 e. The molecule has 0 spiro atoms. The molecule has 0 saturated heterocycles. The monoisotopic (exact) mass is 601 g/mol. The molecule has 0 aliphatic heterocycles. The summed E-state index contributed by atoms with van der Waals surface area (Å²) >= 11 is 0. The second kappa shape index (κ2) is 11.2. The van der Waals surface area contributed by atoms with Crippen molar-refractivity contribution in [1.29, 1.82) is 0 Å². The van der Waals surface area contributed by atoms with Gasteiger partial charge in [0.15, 0.2) is 17.5 Å². The van der Waals surface area contributed by atoms with Gasteiger partial charge in [-0.1, -0.05) is 146 Å². The molecule has 0 aliphatic rings. The van der Waals surface area contributed by atoms with E-state index in [1.807, 2.05) is 42.5 Å². The van der Waals surface area contributed by atoms with Gasteiger partial charge in [-0.15, -0.1) is 0 Å². The van der Waals surface area contributed by atoms with Crippen LogP contribution in [0.1, 0.15) is 0 Å². The van der Waals surface area contributed by atoms with Gasteiger partial charge < -0.3 is 4.42 Å². The normalized spacial score (nSPS) is 11.4. The maximum Gasteiger partial charge on any atom is 0.165 e. The van der Waals surface area contributed by atoms with Gasteiger partial charge in [-0.25, -0.2) is 15.0 Å². The first-order valence-corrected chi connectivity index (χ1v) is 15.7. The third-order valence-corrected chi connectivity index (χ3v) is 8.73. The Kier molecular flexibility index (Phi) is 6.43. The Labute approximate surface area is 271 Å². The van der Waals surface area contributed by atoms with Crippen LogP contribution in [0.3, 0.4) is 0 Å². The number of benzene rings is 7. The quantitative estimate of drug-likeness (QED) is 0.197. The standard InChI is InChI=1S/C43H27N3O/c1-4-12-28(13-5-1)30-20-22-32(23-21-30)42-44-41(31-16-8-3-9-17-31)45-43(46-42)40-35-19-11-10-18-34(35)27-38-39(40)36-25-24-33(26-37(36)47-38)29-14-6-2-7-15-29/h1-27H. The van der Waals surface area contributed by atoms with E-state index < -0.39 is 0 Å². The zero-order valence-electron chi connectivity index (χ0n) is 25.3. The number of fused-ring (bicyclic) bond motifs is 4. The maximum absolute atomic E-state index is 6.60. The van der Waals surface area contributed by atoms with Crippen LogP contribution in [0.25, 0.3) is 89.1 Å². The van der Waals surface area contributed by atoms with Gasteiger partial charge in [0.25, 0.3) is 0 Å². The molecule has 0 fully saturated rings. The molecule has 4 heteroatoms. The van der Waals surface area contributed by atoms with Crippen LogP contribution >= 0.6 is 0 Å². The zero-order chi connectivity index (χ0) is 31.2. The first-order valence-electron chi connectivity index (χ1n) is 15.7. The number of aromatic nitrogens is 3. The zero-order valence-corrected chi connectivity index (χ0v) is 25.3. The van der Waals surface area contributed by atoms with E-state index in [0.29, 0.717) is 17.5 Å². The van der Waals surface area contributed by atoms with Crippen molar-refractivity contribution < 1.29 is 4.42 Å². The average Bonchev–Trinajstić information content (AvgIpc) is 3.52. The Morgan fingerprint density at radius 3 is 1.51 bits per heavy atom. The van der Waals surface area contributed by atoms with Crippen LogP contribution in [0.4, 0.5) is 0 Å². The molecule has 0 radical (unpaired) electrons. The van der Waals surface area contributed by atoms with Crippen molar-refractivity contribution in [1.82, 2.24) is 15.0 Å². The minimum Gasteiger partial charge on any atom is -0.456 e. The molecule has 0 aliphatic carbocycles. The van der Waals surface area contributed by atoms with Crippen molar-refractivity contribution in [2.24, 2.45) is 0 Å². The number of rotatable bonds is 5. The first kappa shape index (κ1) is 27.0. The lowest BCUT2D eigenvalue weighted by molar-refractivity contribution is 0.669. The van der Waals surface area contributed by atoms with E-state index in [1.165, 1.54) is 5.56 Å². The molecule has 0 N–H and O–H groups in total. The highest BCUT2D eigenvalue weighted by Crippen LogP contribution is 2.42. The molecule has 2 aromatic heterocycles. The lowest BCUT2D eigenvalue weighted by Gasteiger charge is -2.12. The second-order valence-electron chi connectivity index (χ2n) is 11.6. The highest BCUT2D eigenvalue weighted by molar-refractivity contribution is 6.20. The molecule has 220 valence electrons. The van der Waals surface area contributed by atoms with Crippen LogP contribution < -0.4 is 0 Å². The molecule has 4 nitrogen and oxygen atoms in total. The van der Waals surface area contributed by atoms with E-state index in [2.05, 4.69) is 121 Å². The molecular weight excluding hydrogens is 574 g/mol. The Morgan fingerprint density at radius 2 is 0.830 bits per heavy atom. The van der Waals surface area contributed by atoms with E-state index in [1.54, 1.807) is 0 Å². The maximum atomic E-state index is 6.60. The summed E-state index contributed by atoms with van der Waals surface area (Å²) in [5, 5.41) is 4.14. The highest BCUT2D eigenvalue weighted by Gasteiger charge is 2.21. The Hall–Kier alpha value is -6.39. The lowest BCUT2D eigenvalue weighted by atomic mass is 9.96. The van der Waals surface area contributed by atoms with Crippen LogP contribution in [0, 0.1) is 0 Å². The number of nitrogens with zero attached hydrogens (tertiary/aromatic N) is 3. The second-order valence-corrected chi connectivity index (χ2v) is 11.6. The van der Waals surface area contributed by atoms with E-state index >= 15 is 0 Å². The summed E-state index contributed by atoms with van der Waals surface area (Å²) in [5.74, 6) is 1.85. The number of furan rings is 1. The van der Waals surface area contributed by atoms with Gasteiger partial charge in [0.2, 0.25) is 0 Å². The molecule has 47 heavy (non-hydrogen) atoms. The minimum atomic E-state index is 0.609. The molecular formula is C43H27N3O. The van der Waals surface area contributed by atoms with Crippen LogP contribution in [0.15, 0.2) is 168 Å². The topological polar surface area (TPSA) is 51.8 Å². The summed E-state index contributed by atoms with van der Waals surface area (Å²) in [6.45, 7) is 0. The third-order valence-electron chi connectivity index (χ3n) is 8.73. The summed E-state index contributed by atoms with van der Waals surface area (Å²) in [4.78, 5) is 15.4. The van der Waals surface area contributed by atoms with Crippen LogP contribution in [-0.4, -0.2) is 15.0 Å². The van der Waals surface area contributed by atoms with Crippen molar-refractivity contribution in [3.8, 4) is 56.4 Å². The number of hydrogen-bond acceptors (Lipinski definition) is 4.